The number of allylic oxidation sites excluding steroid dienone is 1. The summed E-state index contributed by atoms with van der Waals surface area (Å²) >= 11 is 0. The van der Waals surface area contributed by atoms with E-state index in [1.54, 1.807) is 6.07 Å². The van der Waals surface area contributed by atoms with Crippen LogP contribution in [0.15, 0.2) is 48.0 Å². The molecule has 0 unspecified atom stereocenters. The molecular weight excluding hydrogens is 332 g/mol. The number of rotatable bonds is 5. The molecule has 136 valence electrons. The van der Waals surface area contributed by atoms with Gasteiger partial charge in [-0.3, -0.25) is 4.79 Å². The van der Waals surface area contributed by atoms with Crippen molar-refractivity contribution in [3.8, 4) is 23.0 Å². The van der Waals surface area contributed by atoms with Crippen molar-refractivity contribution in [1.29, 1.82) is 0 Å². The third-order valence-electron chi connectivity index (χ3n) is 4.20. The maximum absolute atomic E-state index is 12.4. The molecule has 1 heterocycles. The molecule has 1 aliphatic rings. The summed E-state index contributed by atoms with van der Waals surface area (Å²) in [5.74, 6) is 1.27. The highest BCUT2D eigenvalue weighted by molar-refractivity contribution is 6.02. The Kier molecular flexibility index (Phi) is 5.16. The van der Waals surface area contributed by atoms with E-state index in [1.807, 2.05) is 44.2 Å². The number of ketones is 1. The van der Waals surface area contributed by atoms with Crippen molar-refractivity contribution >= 4 is 5.78 Å². The third-order valence-corrected chi connectivity index (χ3v) is 4.20. The summed E-state index contributed by atoms with van der Waals surface area (Å²) < 4.78 is 16.7. The first kappa shape index (κ1) is 17.9. The normalized spacial score (nSPS) is 15.7. The standard InChI is InChI=1S/C21H22O5/c1-13(2)8-9-25-15-6-4-14(5-7-15)19-12-18(23)21-17(22)10-16(24-3)11-20(21)26-19/h4-8,10-11,19,22H,9,12H2,1-3H3/t19-/m1/s1. The van der Waals surface area contributed by atoms with E-state index in [4.69, 9.17) is 14.2 Å². The van der Waals surface area contributed by atoms with Crippen molar-refractivity contribution < 1.29 is 24.1 Å². The van der Waals surface area contributed by atoms with E-state index in [2.05, 4.69) is 0 Å². The number of benzene rings is 2. The zero-order chi connectivity index (χ0) is 18.7. The monoisotopic (exact) mass is 354 g/mol. The molecule has 5 heteroatoms. The van der Waals surface area contributed by atoms with E-state index in [9.17, 15) is 9.90 Å². The van der Waals surface area contributed by atoms with Gasteiger partial charge in [0.2, 0.25) is 0 Å². The topological polar surface area (TPSA) is 65.0 Å². The van der Waals surface area contributed by atoms with Crippen molar-refractivity contribution in [2.24, 2.45) is 0 Å². The highest BCUT2D eigenvalue weighted by atomic mass is 16.5. The van der Waals surface area contributed by atoms with Gasteiger partial charge in [0.25, 0.3) is 0 Å². The lowest BCUT2D eigenvalue weighted by atomic mass is 9.95. The Morgan fingerprint density at radius 1 is 1.23 bits per heavy atom. The zero-order valence-electron chi connectivity index (χ0n) is 15.1. The average Bonchev–Trinajstić information content (AvgIpc) is 2.61. The Balaban J connectivity index is 1.78. The second-order valence-electron chi connectivity index (χ2n) is 6.41. The number of methoxy groups -OCH3 is 1. The molecule has 0 spiro atoms. The first-order valence-electron chi connectivity index (χ1n) is 8.45. The van der Waals surface area contributed by atoms with Crippen molar-refractivity contribution in [1.82, 2.24) is 0 Å². The average molecular weight is 354 g/mol. The molecule has 1 aliphatic heterocycles. The van der Waals surface area contributed by atoms with Gasteiger partial charge in [-0.1, -0.05) is 17.7 Å². The molecule has 26 heavy (non-hydrogen) atoms. The fourth-order valence-corrected chi connectivity index (χ4v) is 2.80. The second-order valence-corrected chi connectivity index (χ2v) is 6.41. The van der Waals surface area contributed by atoms with Crippen LogP contribution in [0.2, 0.25) is 0 Å². The van der Waals surface area contributed by atoms with E-state index in [1.165, 1.54) is 18.7 Å². The minimum Gasteiger partial charge on any atom is -0.507 e. The molecular formula is C21H22O5. The zero-order valence-corrected chi connectivity index (χ0v) is 15.1. The highest BCUT2D eigenvalue weighted by Crippen LogP contribution is 2.41. The maximum Gasteiger partial charge on any atom is 0.174 e. The number of Topliss-reactive ketones (excluding diaryl/α,β-unsaturated/α-hetero) is 1. The Morgan fingerprint density at radius 3 is 2.62 bits per heavy atom. The fraction of sp³-hybridized carbons (Fsp3) is 0.286. The number of ether oxygens (including phenoxy) is 3. The van der Waals surface area contributed by atoms with Crippen LogP contribution in [0.3, 0.4) is 0 Å². The van der Waals surface area contributed by atoms with Crippen LogP contribution in [0.25, 0.3) is 0 Å². The lowest BCUT2D eigenvalue weighted by Gasteiger charge is -2.26. The summed E-state index contributed by atoms with van der Waals surface area (Å²) in [5, 5.41) is 10.1. The second kappa shape index (κ2) is 7.52. The number of aromatic hydroxyl groups is 1. The number of hydrogen-bond donors (Lipinski definition) is 1. The summed E-state index contributed by atoms with van der Waals surface area (Å²) in [4.78, 5) is 12.4. The van der Waals surface area contributed by atoms with Crippen molar-refractivity contribution in [3.05, 3.63) is 59.2 Å². The van der Waals surface area contributed by atoms with Gasteiger partial charge in [0, 0.05) is 12.1 Å². The molecule has 0 aliphatic carbocycles. The van der Waals surface area contributed by atoms with E-state index >= 15 is 0 Å². The molecule has 2 aromatic carbocycles. The first-order chi connectivity index (χ1) is 12.5. The van der Waals surface area contributed by atoms with Crippen LogP contribution >= 0.6 is 0 Å². The lowest BCUT2D eigenvalue weighted by molar-refractivity contribution is 0.0844. The van der Waals surface area contributed by atoms with E-state index in [0.29, 0.717) is 18.1 Å². The fourth-order valence-electron chi connectivity index (χ4n) is 2.80. The van der Waals surface area contributed by atoms with Crippen LogP contribution in [-0.4, -0.2) is 24.6 Å². The molecule has 0 saturated carbocycles. The third kappa shape index (κ3) is 3.82. The molecule has 0 bridgehead atoms. The molecule has 0 radical (unpaired) electrons. The largest absolute Gasteiger partial charge is 0.507 e. The lowest BCUT2D eigenvalue weighted by Crippen LogP contribution is -2.20. The first-order valence-corrected chi connectivity index (χ1v) is 8.45. The van der Waals surface area contributed by atoms with Crippen LogP contribution in [0.4, 0.5) is 0 Å². The Bertz CT molecular complexity index is 832. The van der Waals surface area contributed by atoms with E-state index in [0.717, 1.165) is 11.3 Å². The Morgan fingerprint density at radius 2 is 1.96 bits per heavy atom. The number of phenols is 1. The van der Waals surface area contributed by atoms with Crippen LogP contribution < -0.4 is 14.2 Å². The predicted molar refractivity (Wildman–Crippen MR) is 98.3 cm³/mol. The van der Waals surface area contributed by atoms with Gasteiger partial charge in [-0.05, 0) is 37.6 Å². The molecule has 2 aromatic rings. The van der Waals surface area contributed by atoms with Gasteiger partial charge in [0.05, 0.1) is 13.5 Å². The van der Waals surface area contributed by atoms with Crippen molar-refractivity contribution in [2.75, 3.05) is 13.7 Å². The molecule has 0 saturated heterocycles. The molecule has 1 atom stereocenters. The van der Waals surface area contributed by atoms with Gasteiger partial charge in [-0.2, -0.15) is 0 Å². The van der Waals surface area contributed by atoms with Gasteiger partial charge in [-0.15, -0.1) is 0 Å². The maximum atomic E-state index is 12.4. The van der Waals surface area contributed by atoms with Crippen LogP contribution in [-0.2, 0) is 0 Å². The Labute approximate surface area is 152 Å². The number of hydrogen-bond acceptors (Lipinski definition) is 5. The molecule has 1 N–H and O–H groups in total. The van der Waals surface area contributed by atoms with Crippen molar-refractivity contribution in [2.45, 2.75) is 26.4 Å². The summed E-state index contributed by atoms with van der Waals surface area (Å²) in [6.45, 7) is 4.57. The summed E-state index contributed by atoms with van der Waals surface area (Å²) in [6, 6.07) is 10.5. The quantitative estimate of drug-likeness (QED) is 0.804. The van der Waals surface area contributed by atoms with Gasteiger partial charge in [-0.25, -0.2) is 0 Å². The number of phenolic OH excluding ortho intramolecular Hbond substituents is 1. The SMILES string of the molecule is COc1cc(O)c2c(c1)O[C@@H](c1ccc(OCC=C(C)C)cc1)CC2=O. The smallest absolute Gasteiger partial charge is 0.174 e. The molecule has 0 amide bonds. The molecule has 0 fully saturated rings. The van der Waals surface area contributed by atoms with Gasteiger partial charge in [0.15, 0.2) is 5.78 Å². The minimum absolute atomic E-state index is 0.120. The van der Waals surface area contributed by atoms with Crippen LogP contribution in [0.1, 0.15) is 42.3 Å². The summed E-state index contributed by atoms with van der Waals surface area (Å²) in [5.41, 5.74) is 2.29. The summed E-state index contributed by atoms with van der Waals surface area (Å²) in [6.07, 6.45) is 1.77. The molecule has 3 rings (SSSR count). The minimum atomic E-state index is -0.409. The summed E-state index contributed by atoms with van der Waals surface area (Å²) in [7, 11) is 1.50. The number of carbonyl (C=O) groups is 1. The molecule has 0 aromatic heterocycles. The Hall–Kier alpha value is -2.95. The molecule has 5 nitrogen and oxygen atoms in total. The van der Waals surface area contributed by atoms with Crippen LogP contribution in [0.5, 0.6) is 23.0 Å². The highest BCUT2D eigenvalue weighted by Gasteiger charge is 2.30. The van der Waals surface area contributed by atoms with Gasteiger partial charge in [0.1, 0.15) is 41.3 Å². The van der Waals surface area contributed by atoms with E-state index < -0.39 is 6.10 Å². The van der Waals surface area contributed by atoms with Gasteiger partial charge < -0.3 is 19.3 Å². The van der Waals surface area contributed by atoms with Crippen molar-refractivity contribution in [3.63, 3.8) is 0 Å². The van der Waals surface area contributed by atoms with E-state index in [-0.39, 0.29) is 23.5 Å². The predicted octanol–water partition coefficient (Wildman–Crippen LogP) is 4.45. The number of fused-ring (bicyclic) bond motifs is 1. The number of carbonyl (C=O) groups excluding carboxylic acids is 1. The van der Waals surface area contributed by atoms with Gasteiger partial charge >= 0.3 is 0 Å². The van der Waals surface area contributed by atoms with Crippen LogP contribution in [0, 0.1) is 0 Å².